The van der Waals surface area contributed by atoms with Crippen molar-refractivity contribution in [2.45, 2.75) is 38.7 Å². The zero-order chi connectivity index (χ0) is 21.3. The van der Waals surface area contributed by atoms with Gasteiger partial charge in [-0.1, -0.05) is 0 Å². The van der Waals surface area contributed by atoms with Gasteiger partial charge in [0.1, 0.15) is 0 Å². The highest BCUT2D eigenvalue weighted by Gasteiger charge is 2.29. The number of carbonyl (C=O) groups excluding carboxylic acids is 1. The molecule has 0 bridgehead atoms. The topological polar surface area (TPSA) is 104 Å². The number of nitrogens with one attached hydrogen (secondary N) is 1. The molecule has 8 heteroatoms. The van der Waals surface area contributed by atoms with Gasteiger partial charge in [0.05, 0.1) is 37.6 Å². The van der Waals surface area contributed by atoms with E-state index in [-0.39, 0.29) is 11.8 Å². The van der Waals surface area contributed by atoms with E-state index in [1.807, 2.05) is 6.92 Å². The van der Waals surface area contributed by atoms with E-state index < -0.39 is 6.10 Å². The minimum absolute atomic E-state index is 0.000336. The van der Waals surface area contributed by atoms with Crippen LogP contribution in [0.2, 0.25) is 0 Å². The highest BCUT2D eigenvalue weighted by molar-refractivity contribution is 5.98. The Balaban J connectivity index is 1.59. The van der Waals surface area contributed by atoms with Crippen LogP contribution in [-0.4, -0.2) is 68.0 Å². The summed E-state index contributed by atoms with van der Waals surface area (Å²) < 4.78 is 17.2. The molecule has 2 aliphatic rings. The van der Waals surface area contributed by atoms with E-state index >= 15 is 0 Å². The number of β-amino-alcohol motifs (C(OH)–C–C–N with tert-alkyl or cyclic N) is 1. The largest absolute Gasteiger partial charge is 0.490 e. The van der Waals surface area contributed by atoms with Gasteiger partial charge in [0.25, 0.3) is 5.91 Å². The fourth-order valence-electron chi connectivity index (χ4n) is 3.87. The molecule has 0 radical (unpaired) electrons. The molecule has 0 unspecified atom stereocenters. The summed E-state index contributed by atoms with van der Waals surface area (Å²) in [6, 6.07) is 5.58. The molecule has 1 aromatic rings. The van der Waals surface area contributed by atoms with Gasteiger partial charge in [-0.05, 0) is 45.0 Å². The summed E-state index contributed by atoms with van der Waals surface area (Å²) in [6.07, 6.45) is 2.38. The molecule has 3 rings (SSSR count). The van der Waals surface area contributed by atoms with Crippen molar-refractivity contribution in [2.24, 2.45) is 5.92 Å². The molecular weight excluding hydrogens is 386 g/mol. The van der Waals surface area contributed by atoms with Crippen molar-refractivity contribution < 1.29 is 24.1 Å². The normalized spacial score (nSPS) is 21.4. The Kier molecular flexibility index (Phi) is 8.17. The van der Waals surface area contributed by atoms with Crippen LogP contribution in [0.5, 0.6) is 17.2 Å². The van der Waals surface area contributed by atoms with E-state index in [2.05, 4.69) is 16.3 Å². The Morgan fingerprint density at radius 3 is 2.90 bits per heavy atom. The summed E-state index contributed by atoms with van der Waals surface area (Å²) >= 11 is 0. The molecule has 0 aliphatic carbocycles. The second-order valence-corrected chi connectivity index (χ2v) is 7.64. The van der Waals surface area contributed by atoms with E-state index in [0.29, 0.717) is 62.1 Å². The molecule has 8 nitrogen and oxygen atoms in total. The molecule has 2 aliphatic heterocycles. The predicted molar refractivity (Wildman–Crippen MR) is 111 cm³/mol. The molecule has 0 saturated carbocycles. The zero-order valence-corrected chi connectivity index (χ0v) is 17.6. The Morgan fingerprint density at radius 1 is 1.37 bits per heavy atom. The Labute approximate surface area is 177 Å². The first-order chi connectivity index (χ1) is 14.6. The van der Waals surface area contributed by atoms with E-state index in [1.165, 1.54) is 0 Å². The Hall–Kier alpha value is -2.50. The molecule has 164 valence electrons. The van der Waals surface area contributed by atoms with Gasteiger partial charge in [-0.15, -0.1) is 0 Å². The van der Waals surface area contributed by atoms with Crippen LogP contribution in [0.4, 0.5) is 0 Å². The predicted octanol–water partition coefficient (Wildman–Crippen LogP) is 1.96. The summed E-state index contributed by atoms with van der Waals surface area (Å²) in [7, 11) is 0. The van der Waals surface area contributed by atoms with Gasteiger partial charge in [0.15, 0.2) is 11.5 Å². The molecule has 0 spiro atoms. The lowest BCUT2D eigenvalue weighted by Crippen LogP contribution is -2.47. The SMILES string of the molecule is CCOc1ccc(C(=O)NC[C@@H]2CCN(CCCC#N)C[C@H]2O)c2c1OCCCO2. The van der Waals surface area contributed by atoms with E-state index in [0.717, 1.165) is 32.4 Å². The summed E-state index contributed by atoms with van der Waals surface area (Å²) in [4.78, 5) is 15.1. The number of unbranched alkanes of at least 4 members (excludes halogenated alkanes) is 1. The lowest BCUT2D eigenvalue weighted by atomic mass is 9.93. The number of aliphatic hydroxyl groups excluding tert-OH is 1. The van der Waals surface area contributed by atoms with Gasteiger partial charge in [-0.25, -0.2) is 0 Å². The molecule has 2 heterocycles. The molecule has 2 atom stereocenters. The zero-order valence-electron chi connectivity index (χ0n) is 17.6. The van der Waals surface area contributed by atoms with Crippen molar-refractivity contribution in [3.8, 4) is 23.3 Å². The number of nitriles is 1. The third kappa shape index (κ3) is 5.55. The maximum Gasteiger partial charge on any atom is 0.255 e. The summed E-state index contributed by atoms with van der Waals surface area (Å²) in [6.45, 7) is 6.02. The summed E-state index contributed by atoms with van der Waals surface area (Å²) in [5.41, 5.74) is 0.416. The van der Waals surface area contributed by atoms with Crippen LogP contribution in [0.1, 0.15) is 43.0 Å². The number of ether oxygens (including phenoxy) is 3. The second-order valence-electron chi connectivity index (χ2n) is 7.64. The van der Waals surface area contributed by atoms with Gasteiger partial charge in [-0.3, -0.25) is 4.79 Å². The lowest BCUT2D eigenvalue weighted by Gasteiger charge is -2.36. The van der Waals surface area contributed by atoms with Crippen molar-refractivity contribution in [1.82, 2.24) is 10.2 Å². The average molecular weight is 418 g/mol. The minimum atomic E-state index is -0.502. The molecule has 1 aromatic carbocycles. The number of hydrogen-bond donors (Lipinski definition) is 2. The monoisotopic (exact) mass is 417 g/mol. The second kappa shape index (κ2) is 11.0. The maximum absolute atomic E-state index is 12.9. The molecule has 1 amide bonds. The standard InChI is InChI=1S/C22H31N3O5/c1-2-28-19-7-6-17(20-21(19)30-13-5-12-29-20)22(27)24-14-16-8-11-25(15-18(16)26)10-4-3-9-23/h6-7,16,18,26H,2-5,8,10-15H2,1H3,(H,24,27)/t16-,18+/m0/s1. The third-order valence-electron chi connectivity index (χ3n) is 5.50. The molecular formula is C22H31N3O5. The smallest absolute Gasteiger partial charge is 0.255 e. The van der Waals surface area contributed by atoms with E-state index in [4.69, 9.17) is 19.5 Å². The highest BCUT2D eigenvalue weighted by atomic mass is 16.5. The van der Waals surface area contributed by atoms with Crippen LogP contribution < -0.4 is 19.5 Å². The quantitative estimate of drug-likeness (QED) is 0.623. The fourth-order valence-corrected chi connectivity index (χ4v) is 3.87. The van der Waals surface area contributed by atoms with Crippen LogP contribution >= 0.6 is 0 Å². The van der Waals surface area contributed by atoms with Crippen LogP contribution in [0.15, 0.2) is 12.1 Å². The highest BCUT2D eigenvalue weighted by Crippen LogP contribution is 2.41. The first-order valence-electron chi connectivity index (χ1n) is 10.7. The van der Waals surface area contributed by atoms with Gasteiger partial charge in [-0.2, -0.15) is 5.26 Å². The van der Waals surface area contributed by atoms with Gasteiger partial charge in [0, 0.05) is 31.8 Å². The van der Waals surface area contributed by atoms with E-state index in [9.17, 15) is 9.90 Å². The van der Waals surface area contributed by atoms with Gasteiger partial charge >= 0.3 is 0 Å². The van der Waals surface area contributed by atoms with Gasteiger partial charge in [0.2, 0.25) is 5.75 Å². The molecule has 0 aromatic heterocycles. The van der Waals surface area contributed by atoms with Crippen LogP contribution in [0.25, 0.3) is 0 Å². The van der Waals surface area contributed by atoms with Crippen molar-refractivity contribution in [1.29, 1.82) is 5.26 Å². The third-order valence-corrected chi connectivity index (χ3v) is 5.50. The minimum Gasteiger partial charge on any atom is -0.490 e. The summed E-state index contributed by atoms with van der Waals surface area (Å²) in [5, 5.41) is 22.1. The lowest BCUT2D eigenvalue weighted by molar-refractivity contribution is 0.0219. The van der Waals surface area contributed by atoms with Crippen LogP contribution in [0.3, 0.4) is 0 Å². The number of benzene rings is 1. The number of likely N-dealkylation sites (tertiary alicyclic amines) is 1. The van der Waals surface area contributed by atoms with Crippen molar-refractivity contribution in [3.05, 3.63) is 17.7 Å². The summed E-state index contributed by atoms with van der Waals surface area (Å²) in [5.74, 6) is 1.23. The number of amides is 1. The Morgan fingerprint density at radius 2 is 2.17 bits per heavy atom. The van der Waals surface area contributed by atoms with Crippen molar-refractivity contribution >= 4 is 5.91 Å². The average Bonchev–Trinajstić information content (AvgIpc) is 3.00. The number of rotatable bonds is 8. The van der Waals surface area contributed by atoms with Crippen LogP contribution in [-0.2, 0) is 0 Å². The molecule has 30 heavy (non-hydrogen) atoms. The van der Waals surface area contributed by atoms with Gasteiger partial charge < -0.3 is 29.5 Å². The molecule has 1 saturated heterocycles. The number of nitrogens with zero attached hydrogens (tertiary/aromatic N) is 2. The first-order valence-corrected chi connectivity index (χ1v) is 10.7. The van der Waals surface area contributed by atoms with Crippen molar-refractivity contribution in [3.63, 3.8) is 0 Å². The number of fused-ring (bicyclic) bond motifs is 1. The van der Waals surface area contributed by atoms with Crippen LogP contribution in [0, 0.1) is 17.2 Å². The number of hydrogen-bond acceptors (Lipinski definition) is 7. The first kappa shape index (κ1) is 22.2. The number of piperidine rings is 1. The van der Waals surface area contributed by atoms with Crippen molar-refractivity contribution in [2.75, 3.05) is 46.0 Å². The molecule has 2 N–H and O–H groups in total. The number of aliphatic hydroxyl groups is 1. The number of carbonyl (C=O) groups is 1. The Bertz CT molecular complexity index is 764. The van der Waals surface area contributed by atoms with E-state index in [1.54, 1.807) is 12.1 Å². The fraction of sp³-hybridized carbons (Fsp3) is 0.636. The molecule has 1 fully saturated rings. The maximum atomic E-state index is 12.9.